The summed E-state index contributed by atoms with van der Waals surface area (Å²) in [6, 6.07) is 18.5. The third-order valence-corrected chi connectivity index (χ3v) is 3.85. The summed E-state index contributed by atoms with van der Waals surface area (Å²) in [7, 11) is 1.94. The Kier molecular flexibility index (Phi) is 3.76. The Balaban J connectivity index is 2.07. The molecule has 2 aromatic carbocycles. The van der Waals surface area contributed by atoms with Crippen LogP contribution in [0.2, 0.25) is 0 Å². The Morgan fingerprint density at radius 1 is 1.18 bits per heavy atom. The van der Waals surface area contributed by atoms with Gasteiger partial charge in [0.25, 0.3) is 0 Å². The van der Waals surface area contributed by atoms with Gasteiger partial charge in [-0.3, -0.25) is 0 Å². The summed E-state index contributed by atoms with van der Waals surface area (Å²) in [6.07, 6.45) is 2.90. The minimum absolute atomic E-state index is 0.572. The van der Waals surface area contributed by atoms with Crippen LogP contribution in [0.3, 0.4) is 0 Å². The van der Waals surface area contributed by atoms with Crippen LogP contribution < -0.4 is 0 Å². The van der Waals surface area contributed by atoms with E-state index >= 15 is 0 Å². The molecule has 22 heavy (non-hydrogen) atoms. The molecule has 0 bridgehead atoms. The summed E-state index contributed by atoms with van der Waals surface area (Å²) in [6.45, 7) is 2.13. The molecule has 0 saturated heterocycles. The van der Waals surface area contributed by atoms with Gasteiger partial charge in [0.05, 0.1) is 16.6 Å². The number of rotatable bonds is 3. The van der Waals surface area contributed by atoms with Crippen molar-refractivity contribution in [3.05, 3.63) is 65.5 Å². The van der Waals surface area contributed by atoms with E-state index in [1.54, 1.807) is 0 Å². The first-order valence-electron chi connectivity index (χ1n) is 7.35. The smallest absolute Gasteiger partial charge is 0.151 e. The van der Waals surface area contributed by atoms with Crippen molar-refractivity contribution in [3.8, 4) is 6.07 Å². The molecule has 0 aliphatic carbocycles. The summed E-state index contributed by atoms with van der Waals surface area (Å²) < 4.78 is 1.96. The molecule has 3 aromatic rings. The molecule has 0 unspecified atom stereocenters. The van der Waals surface area contributed by atoms with Crippen molar-refractivity contribution in [3.63, 3.8) is 0 Å². The minimum atomic E-state index is 0.572. The molecule has 108 valence electrons. The average Bonchev–Trinajstić information content (AvgIpc) is 2.90. The van der Waals surface area contributed by atoms with E-state index in [0.717, 1.165) is 23.0 Å². The van der Waals surface area contributed by atoms with Crippen molar-refractivity contribution >= 4 is 22.7 Å². The molecule has 1 aromatic heterocycles. The zero-order chi connectivity index (χ0) is 15.5. The summed E-state index contributed by atoms with van der Waals surface area (Å²) in [4.78, 5) is 4.59. The van der Waals surface area contributed by atoms with Gasteiger partial charge in [-0.1, -0.05) is 43.3 Å². The molecule has 0 aliphatic rings. The second kappa shape index (κ2) is 5.87. The lowest BCUT2D eigenvalue weighted by atomic mass is 10.1. The quantitative estimate of drug-likeness (QED) is 0.677. The van der Waals surface area contributed by atoms with Gasteiger partial charge in [-0.15, -0.1) is 0 Å². The van der Waals surface area contributed by atoms with Crippen LogP contribution >= 0.6 is 0 Å². The molecule has 0 saturated carbocycles. The van der Waals surface area contributed by atoms with E-state index in [1.807, 2.05) is 54.1 Å². The van der Waals surface area contributed by atoms with Gasteiger partial charge in [-0.05, 0) is 35.8 Å². The first-order valence-corrected chi connectivity index (χ1v) is 7.35. The molecule has 0 fully saturated rings. The first-order chi connectivity index (χ1) is 10.7. The number of aromatic nitrogens is 2. The average molecular weight is 287 g/mol. The number of benzene rings is 2. The highest BCUT2D eigenvalue weighted by Gasteiger charge is 2.11. The van der Waals surface area contributed by atoms with Gasteiger partial charge in [0.1, 0.15) is 6.07 Å². The summed E-state index contributed by atoms with van der Waals surface area (Å²) in [5.74, 6) is 0.697. The molecule has 1 heterocycles. The zero-order valence-electron chi connectivity index (χ0n) is 12.7. The molecule has 3 heteroatoms. The molecule has 3 nitrogen and oxygen atoms in total. The molecular weight excluding hydrogens is 270 g/mol. The Bertz CT molecular complexity index is 877. The molecule has 0 N–H and O–H groups in total. The number of allylic oxidation sites excluding steroid dienone is 1. The fraction of sp³-hybridized carbons (Fsp3) is 0.158. The Labute approximate surface area is 130 Å². The number of imidazole rings is 1. The van der Waals surface area contributed by atoms with E-state index < -0.39 is 0 Å². The van der Waals surface area contributed by atoms with Crippen LogP contribution in [-0.2, 0) is 13.5 Å². The second-order valence-electron chi connectivity index (χ2n) is 5.25. The highest BCUT2D eigenvalue weighted by atomic mass is 15.1. The van der Waals surface area contributed by atoms with Crippen LogP contribution in [0, 0.1) is 11.3 Å². The molecule has 0 aliphatic heterocycles. The SMILES string of the molecule is CCc1ccc(/C=C(\C#N)c2nc3ccccc3n2C)cc1. The van der Waals surface area contributed by atoms with Crippen LogP contribution in [-0.4, -0.2) is 9.55 Å². The van der Waals surface area contributed by atoms with Crippen molar-refractivity contribution in [2.24, 2.45) is 7.05 Å². The maximum absolute atomic E-state index is 9.52. The summed E-state index contributed by atoms with van der Waals surface area (Å²) >= 11 is 0. The van der Waals surface area contributed by atoms with Crippen molar-refractivity contribution in [2.45, 2.75) is 13.3 Å². The predicted molar refractivity (Wildman–Crippen MR) is 90.0 cm³/mol. The summed E-state index contributed by atoms with van der Waals surface area (Å²) in [5.41, 5.74) is 4.81. The van der Waals surface area contributed by atoms with Gasteiger partial charge in [-0.2, -0.15) is 5.26 Å². The molecular formula is C19H17N3. The third kappa shape index (κ3) is 2.51. The maximum Gasteiger partial charge on any atom is 0.151 e. The van der Waals surface area contributed by atoms with E-state index in [2.05, 4.69) is 30.1 Å². The van der Waals surface area contributed by atoms with E-state index in [9.17, 15) is 5.26 Å². The lowest BCUT2D eigenvalue weighted by Crippen LogP contribution is -1.96. The number of fused-ring (bicyclic) bond motifs is 1. The lowest BCUT2D eigenvalue weighted by Gasteiger charge is -2.02. The van der Waals surface area contributed by atoms with Crippen LogP contribution in [0.5, 0.6) is 0 Å². The minimum Gasteiger partial charge on any atom is -0.327 e. The van der Waals surface area contributed by atoms with E-state index in [0.29, 0.717) is 11.4 Å². The van der Waals surface area contributed by atoms with Crippen molar-refractivity contribution in [2.75, 3.05) is 0 Å². The van der Waals surface area contributed by atoms with Crippen molar-refractivity contribution < 1.29 is 0 Å². The molecule has 3 rings (SSSR count). The van der Waals surface area contributed by atoms with E-state index in [-0.39, 0.29) is 0 Å². The molecule has 0 amide bonds. The second-order valence-corrected chi connectivity index (χ2v) is 5.25. The summed E-state index contributed by atoms with van der Waals surface area (Å²) in [5, 5.41) is 9.52. The highest BCUT2D eigenvalue weighted by molar-refractivity contribution is 5.90. The Hall–Kier alpha value is -2.86. The molecule has 0 spiro atoms. The van der Waals surface area contributed by atoms with E-state index in [4.69, 9.17) is 0 Å². The van der Waals surface area contributed by atoms with Crippen molar-refractivity contribution in [1.82, 2.24) is 9.55 Å². The Morgan fingerprint density at radius 3 is 2.55 bits per heavy atom. The maximum atomic E-state index is 9.52. The van der Waals surface area contributed by atoms with Gasteiger partial charge in [0.2, 0.25) is 0 Å². The fourth-order valence-electron chi connectivity index (χ4n) is 2.55. The normalized spacial score (nSPS) is 11.6. The number of para-hydroxylation sites is 2. The number of aryl methyl sites for hydroxylation is 2. The number of hydrogen-bond acceptors (Lipinski definition) is 2. The van der Waals surface area contributed by atoms with Crippen LogP contribution in [0.1, 0.15) is 23.9 Å². The van der Waals surface area contributed by atoms with Gasteiger partial charge >= 0.3 is 0 Å². The molecule has 0 atom stereocenters. The van der Waals surface area contributed by atoms with Gasteiger partial charge in [0, 0.05) is 7.05 Å². The zero-order valence-corrected chi connectivity index (χ0v) is 12.7. The predicted octanol–water partition coefficient (Wildman–Crippen LogP) is 4.20. The van der Waals surface area contributed by atoms with Gasteiger partial charge < -0.3 is 4.57 Å². The van der Waals surface area contributed by atoms with Crippen molar-refractivity contribution in [1.29, 1.82) is 5.26 Å². The number of hydrogen-bond donors (Lipinski definition) is 0. The number of nitrogens with zero attached hydrogens (tertiary/aromatic N) is 3. The number of nitriles is 1. The fourth-order valence-corrected chi connectivity index (χ4v) is 2.55. The first kappa shape index (κ1) is 14.1. The van der Waals surface area contributed by atoms with Crippen LogP contribution in [0.25, 0.3) is 22.7 Å². The largest absolute Gasteiger partial charge is 0.327 e. The highest BCUT2D eigenvalue weighted by Crippen LogP contribution is 2.22. The standard InChI is InChI=1S/C19H17N3/c1-3-14-8-10-15(11-9-14)12-16(13-20)19-21-17-6-4-5-7-18(17)22(19)2/h4-12H,3H2,1-2H3/b16-12+. The van der Waals surface area contributed by atoms with Crippen LogP contribution in [0.15, 0.2) is 48.5 Å². The van der Waals surface area contributed by atoms with Crippen LogP contribution in [0.4, 0.5) is 0 Å². The van der Waals surface area contributed by atoms with E-state index in [1.165, 1.54) is 5.56 Å². The monoisotopic (exact) mass is 287 g/mol. The Morgan fingerprint density at radius 2 is 1.91 bits per heavy atom. The lowest BCUT2D eigenvalue weighted by molar-refractivity contribution is 0.925. The van der Waals surface area contributed by atoms with Gasteiger partial charge in [-0.25, -0.2) is 4.98 Å². The topological polar surface area (TPSA) is 41.6 Å². The molecule has 0 radical (unpaired) electrons. The third-order valence-electron chi connectivity index (χ3n) is 3.85. The van der Waals surface area contributed by atoms with Gasteiger partial charge in [0.15, 0.2) is 5.82 Å².